The van der Waals surface area contributed by atoms with Crippen molar-refractivity contribution < 1.29 is 14.4 Å². The van der Waals surface area contributed by atoms with Crippen molar-refractivity contribution in [3.05, 3.63) is 70.8 Å². The van der Waals surface area contributed by atoms with Gasteiger partial charge in [0.1, 0.15) is 0 Å². The third-order valence-corrected chi connectivity index (χ3v) is 6.41. The van der Waals surface area contributed by atoms with Crippen LogP contribution in [0.1, 0.15) is 57.5 Å². The molecule has 2 heterocycles. The lowest BCUT2D eigenvalue weighted by Gasteiger charge is -2.32. The lowest BCUT2D eigenvalue weighted by Crippen LogP contribution is -2.45. The molecule has 2 aromatic carbocycles. The standard InChI is InChI=1S/C26H31N3O3/c1-19-9-11-21(12-10-19)25(31)29-15-5-8-23(18-29)24(30)27-17-20-6-4-7-22(16-20)26(32)28-13-2-3-14-28/h4,6-7,9-12,16,23H,2-3,5,8,13-15,17-18H2,1H3,(H,27,30). The number of carbonyl (C=O) groups is 3. The Kier molecular flexibility index (Phi) is 6.88. The van der Waals surface area contributed by atoms with E-state index >= 15 is 0 Å². The molecule has 0 spiro atoms. The van der Waals surface area contributed by atoms with Crippen molar-refractivity contribution in [1.29, 1.82) is 0 Å². The Labute approximate surface area is 189 Å². The zero-order chi connectivity index (χ0) is 22.5. The second-order valence-corrected chi connectivity index (χ2v) is 8.87. The topological polar surface area (TPSA) is 69.7 Å². The Morgan fingerprint density at radius 2 is 1.56 bits per heavy atom. The zero-order valence-corrected chi connectivity index (χ0v) is 18.7. The molecule has 0 bridgehead atoms. The predicted octanol–water partition coefficient (Wildman–Crippen LogP) is 3.40. The van der Waals surface area contributed by atoms with Crippen molar-refractivity contribution in [2.75, 3.05) is 26.2 Å². The van der Waals surface area contributed by atoms with Gasteiger partial charge in [-0.15, -0.1) is 0 Å². The summed E-state index contributed by atoms with van der Waals surface area (Å²) in [4.78, 5) is 41.9. The van der Waals surface area contributed by atoms with Crippen molar-refractivity contribution in [3.8, 4) is 0 Å². The number of nitrogens with one attached hydrogen (secondary N) is 1. The molecular weight excluding hydrogens is 402 g/mol. The number of carbonyl (C=O) groups excluding carboxylic acids is 3. The summed E-state index contributed by atoms with van der Waals surface area (Å²) in [5.74, 6) is -0.209. The first-order chi connectivity index (χ1) is 15.5. The summed E-state index contributed by atoms with van der Waals surface area (Å²) in [7, 11) is 0. The van der Waals surface area contributed by atoms with Crippen LogP contribution in [0.25, 0.3) is 0 Å². The van der Waals surface area contributed by atoms with E-state index in [1.54, 1.807) is 4.90 Å². The molecule has 6 nitrogen and oxygen atoms in total. The number of hydrogen-bond donors (Lipinski definition) is 1. The highest BCUT2D eigenvalue weighted by atomic mass is 16.2. The van der Waals surface area contributed by atoms with Gasteiger partial charge in [0.25, 0.3) is 11.8 Å². The Morgan fingerprint density at radius 1 is 0.875 bits per heavy atom. The molecule has 2 fully saturated rings. The van der Waals surface area contributed by atoms with Gasteiger partial charge in [0, 0.05) is 43.9 Å². The highest BCUT2D eigenvalue weighted by Crippen LogP contribution is 2.20. The van der Waals surface area contributed by atoms with E-state index in [-0.39, 0.29) is 23.6 Å². The van der Waals surface area contributed by atoms with E-state index in [9.17, 15) is 14.4 Å². The largest absolute Gasteiger partial charge is 0.352 e. The predicted molar refractivity (Wildman–Crippen MR) is 123 cm³/mol. The fourth-order valence-corrected chi connectivity index (χ4v) is 4.50. The van der Waals surface area contributed by atoms with Crippen molar-refractivity contribution in [3.63, 3.8) is 0 Å². The van der Waals surface area contributed by atoms with E-state index in [2.05, 4.69) is 5.32 Å². The third kappa shape index (κ3) is 5.18. The maximum Gasteiger partial charge on any atom is 0.253 e. The number of piperidine rings is 1. The lowest BCUT2D eigenvalue weighted by molar-refractivity contribution is -0.126. The number of likely N-dealkylation sites (tertiary alicyclic amines) is 2. The number of nitrogens with zero attached hydrogens (tertiary/aromatic N) is 2. The number of hydrogen-bond acceptors (Lipinski definition) is 3. The van der Waals surface area contributed by atoms with E-state index in [1.807, 2.05) is 60.4 Å². The molecule has 1 N–H and O–H groups in total. The van der Waals surface area contributed by atoms with Crippen molar-refractivity contribution in [1.82, 2.24) is 15.1 Å². The van der Waals surface area contributed by atoms with Crippen LogP contribution < -0.4 is 5.32 Å². The van der Waals surface area contributed by atoms with Crippen LogP contribution in [0.15, 0.2) is 48.5 Å². The van der Waals surface area contributed by atoms with Crippen LogP contribution in [-0.2, 0) is 11.3 Å². The normalized spacial score (nSPS) is 18.5. The van der Waals surface area contributed by atoms with Gasteiger partial charge in [0.05, 0.1) is 5.92 Å². The zero-order valence-electron chi connectivity index (χ0n) is 18.7. The Morgan fingerprint density at radius 3 is 2.31 bits per heavy atom. The van der Waals surface area contributed by atoms with Gasteiger partial charge in [0.2, 0.25) is 5.91 Å². The molecule has 0 saturated carbocycles. The minimum atomic E-state index is -0.215. The second kappa shape index (κ2) is 9.98. The molecular formula is C26H31N3O3. The molecule has 2 aliphatic rings. The number of amides is 3. The highest BCUT2D eigenvalue weighted by Gasteiger charge is 2.29. The fourth-order valence-electron chi connectivity index (χ4n) is 4.50. The summed E-state index contributed by atoms with van der Waals surface area (Å²) in [6.45, 7) is 5.12. The first kappa shape index (κ1) is 22.1. The van der Waals surface area contributed by atoms with Gasteiger partial charge in [-0.3, -0.25) is 14.4 Å². The van der Waals surface area contributed by atoms with E-state index in [1.165, 1.54) is 0 Å². The molecule has 0 aromatic heterocycles. The maximum atomic E-state index is 12.8. The van der Waals surface area contributed by atoms with Crippen LogP contribution in [0.5, 0.6) is 0 Å². The van der Waals surface area contributed by atoms with Crippen LogP contribution in [0.2, 0.25) is 0 Å². The fraction of sp³-hybridized carbons (Fsp3) is 0.423. The minimum Gasteiger partial charge on any atom is -0.352 e. The van der Waals surface area contributed by atoms with Crippen molar-refractivity contribution in [2.45, 2.75) is 39.2 Å². The number of rotatable bonds is 5. The minimum absolute atomic E-state index is 0.0179. The molecule has 32 heavy (non-hydrogen) atoms. The quantitative estimate of drug-likeness (QED) is 0.786. The third-order valence-electron chi connectivity index (χ3n) is 6.41. The molecule has 1 atom stereocenters. The van der Waals surface area contributed by atoms with Gasteiger partial charge >= 0.3 is 0 Å². The molecule has 0 radical (unpaired) electrons. The molecule has 0 aliphatic carbocycles. The Bertz CT molecular complexity index is 980. The molecule has 3 amide bonds. The molecule has 168 valence electrons. The summed E-state index contributed by atoms with van der Waals surface area (Å²) in [5.41, 5.74) is 3.36. The van der Waals surface area contributed by atoms with Crippen molar-refractivity contribution in [2.24, 2.45) is 5.92 Å². The number of aryl methyl sites for hydroxylation is 1. The Balaban J connectivity index is 1.33. The van der Waals surface area contributed by atoms with Gasteiger partial charge in [-0.2, -0.15) is 0 Å². The smallest absolute Gasteiger partial charge is 0.253 e. The summed E-state index contributed by atoms with van der Waals surface area (Å²) in [5, 5.41) is 3.01. The van der Waals surface area contributed by atoms with Gasteiger partial charge in [0.15, 0.2) is 0 Å². The maximum absolute atomic E-state index is 12.8. The Hall–Kier alpha value is -3.15. The monoisotopic (exact) mass is 433 g/mol. The first-order valence-electron chi connectivity index (χ1n) is 11.5. The van der Waals surface area contributed by atoms with Crippen LogP contribution in [0.4, 0.5) is 0 Å². The molecule has 1 unspecified atom stereocenters. The highest BCUT2D eigenvalue weighted by molar-refractivity contribution is 5.95. The van der Waals surface area contributed by atoms with Crippen LogP contribution >= 0.6 is 0 Å². The average Bonchev–Trinajstić information content (AvgIpc) is 3.37. The van der Waals surface area contributed by atoms with E-state index in [0.29, 0.717) is 30.8 Å². The summed E-state index contributed by atoms with van der Waals surface area (Å²) >= 11 is 0. The first-order valence-corrected chi connectivity index (χ1v) is 11.5. The second-order valence-electron chi connectivity index (χ2n) is 8.87. The molecule has 2 saturated heterocycles. The van der Waals surface area contributed by atoms with Crippen molar-refractivity contribution >= 4 is 17.7 Å². The SMILES string of the molecule is Cc1ccc(C(=O)N2CCCC(C(=O)NCc3cccc(C(=O)N4CCCC4)c3)C2)cc1. The van der Waals surface area contributed by atoms with Gasteiger partial charge in [-0.1, -0.05) is 29.8 Å². The average molecular weight is 434 g/mol. The van der Waals surface area contributed by atoms with Gasteiger partial charge in [-0.05, 0) is 62.4 Å². The summed E-state index contributed by atoms with van der Waals surface area (Å²) < 4.78 is 0. The van der Waals surface area contributed by atoms with Crippen LogP contribution in [0, 0.1) is 12.8 Å². The van der Waals surface area contributed by atoms with Crippen LogP contribution in [0.3, 0.4) is 0 Å². The number of benzene rings is 2. The molecule has 4 rings (SSSR count). The van der Waals surface area contributed by atoms with Gasteiger partial charge in [-0.25, -0.2) is 0 Å². The summed E-state index contributed by atoms with van der Waals surface area (Å²) in [6.07, 6.45) is 3.71. The molecule has 6 heteroatoms. The lowest BCUT2D eigenvalue weighted by atomic mass is 9.96. The van der Waals surface area contributed by atoms with E-state index in [0.717, 1.165) is 49.9 Å². The molecule has 2 aromatic rings. The van der Waals surface area contributed by atoms with E-state index in [4.69, 9.17) is 0 Å². The van der Waals surface area contributed by atoms with Crippen LogP contribution in [-0.4, -0.2) is 53.7 Å². The molecule has 2 aliphatic heterocycles. The van der Waals surface area contributed by atoms with E-state index < -0.39 is 0 Å². The van der Waals surface area contributed by atoms with Gasteiger partial charge < -0.3 is 15.1 Å². The summed E-state index contributed by atoms with van der Waals surface area (Å²) in [6, 6.07) is 15.1.